The zero-order chi connectivity index (χ0) is 14.8. The molecule has 2 atom stereocenters. The van der Waals surface area contributed by atoms with Gasteiger partial charge in [-0.2, -0.15) is 0 Å². The monoisotopic (exact) mass is 288 g/mol. The van der Waals surface area contributed by atoms with E-state index in [4.69, 9.17) is 4.74 Å². The van der Waals surface area contributed by atoms with E-state index in [1.165, 1.54) is 19.3 Å². The largest absolute Gasteiger partial charge is 0.491 e. The Morgan fingerprint density at radius 1 is 1.43 bits per heavy atom. The second kappa shape index (κ2) is 5.96. The molecular weight excluding hydrogens is 264 g/mol. The van der Waals surface area contributed by atoms with E-state index in [2.05, 4.69) is 5.32 Å². The van der Waals surface area contributed by atoms with Gasteiger partial charge in [0.05, 0.1) is 6.10 Å². The fourth-order valence-corrected chi connectivity index (χ4v) is 3.45. The first-order valence-electron chi connectivity index (χ1n) is 7.92. The van der Waals surface area contributed by atoms with Gasteiger partial charge in [-0.25, -0.2) is 4.79 Å². The lowest BCUT2D eigenvalue weighted by Crippen LogP contribution is -2.43. The SMILES string of the molecule is CC(C)Oc1cccc(CNC(=O)N2C[C@H]3CC[C@H]2C3)c1. The van der Waals surface area contributed by atoms with Crippen LogP contribution in [0.4, 0.5) is 4.79 Å². The van der Waals surface area contributed by atoms with Crippen molar-refractivity contribution in [3.05, 3.63) is 29.8 Å². The van der Waals surface area contributed by atoms with Crippen LogP contribution in [0.1, 0.15) is 38.7 Å². The average Bonchev–Trinajstić information content (AvgIpc) is 3.07. The lowest BCUT2D eigenvalue weighted by Gasteiger charge is -2.27. The Morgan fingerprint density at radius 3 is 2.95 bits per heavy atom. The van der Waals surface area contributed by atoms with Crippen molar-refractivity contribution in [2.24, 2.45) is 5.92 Å². The molecule has 4 heteroatoms. The maximum atomic E-state index is 12.3. The summed E-state index contributed by atoms with van der Waals surface area (Å²) in [6.45, 7) is 5.52. The average molecular weight is 288 g/mol. The second-order valence-electron chi connectivity index (χ2n) is 6.46. The molecule has 1 N–H and O–H groups in total. The molecule has 21 heavy (non-hydrogen) atoms. The van der Waals surface area contributed by atoms with E-state index in [0.29, 0.717) is 12.6 Å². The highest BCUT2D eigenvalue weighted by atomic mass is 16.5. The van der Waals surface area contributed by atoms with Crippen LogP contribution in [-0.4, -0.2) is 29.6 Å². The third-order valence-corrected chi connectivity index (χ3v) is 4.38. The molecular formula is C17H24N2O2. The van der Waals surface area contributed by atoms with E-state index >= 15 is 0 Å². The van der Waals surface area contributed by atoms with Crippen LogP contribution in [0.2, 0.25) is 0 Å². The van der Waals surface area contributed by atoms with Crippen molar-refractivity contribution in [3.8, 4) is 5.75 Å². The third-order valence-electron chi connectivity index (χ3n) is 4.38. The normalized spacial score (nSPS) is 23.7. The van der Waals surface area contributed by atoms with Crippen LogP contribution >= 0.6 is 0 Å². The van der Waals surface area contributed by atoms with Gasteiger partial charge >= 0.3 is 6.03 Å². The van der Waals surface area contributed by atoms with Gasteiger partial charge in [-0.15, -0.1) is 0 Å². The first kappa shape index (κ1) is 14.2. The molecule has 4 nitrogen and oxygen atoms in total. The Bertz CT molecular complexity index is 515. The fraction of sp³-hybridized carbons (Fsp3) is 0.588. The summed E-state index contributed by atoms with van der Waals surface area (Å²) in [6, 6.07) is 8.49. The Kier molecular flexibility index (Phi) is 4.04. The third kappa shape index (κ3) is 3.31. The molecule has 1 aliphatic carbocycles. The minimum atomic E-state index is 0.0809. The molecule has 2 amide bonds. The molecule has 2 aliphatic rings. The second-order valence-corrected chi connectivity index (χ2v) is 6.46. The summed E-state index contributed by atoms with van der Waals surface area (Å²) in [4.78, 5) is 14.3. The fourth-order valence-electron chi connectivity index (χ4n) is 3.45. The van der Waals surface area contributed by atoms with E-state index in [1.54, 1.807) is 0 Å². The summed E-state index contributed by atoms with van der Waals surface area (Å²) >= 11 is 0. The number of likely N-dealkylation sites (tertiary alicyclic amines) is 1. The Labute approximate surface area is 126 Å². The van der Waals surface area contributed by atoms with Crippen LogP contribution in [0.5, 0.6) is 5.75 Å². The first-order chi connectivity index (χ1) is 10.1. The number of amides is 2. The molecule has 2 fully saturated rings. The van der Waals surface area contributed by atoms with Crippen molar-refractivity contribution < 1.29 is 9.53 Å². The number of hydrogen-bond donors (Lipinski definition) is 1. The molecule has 1 aromatic rings. The predicted molar refractivity (Wildman–Crippen MR) is 82.3 cm³/mol. The van der Waals surface area contributed by atoms with Crippen LogP contribution < -0.4 is 10.1 Å². The molecule has 1 aromatic carbocycles. The highest BCUT2D eigenvalue weighted by Gasteiger charge is 2.40. The highest BCUT2D eigenvalue weighted by molar-refractivity contribution is 5.75. The lowest BCUT2D eigenvalue weighted by atomic mass is 10.1. The van der Waals surface area contributed by atoms with Gasteiger partial charge < -0.3 is 15.0 Å². The maximum absolute atomic E-state index is 12.3. The molecule has 1 heterocycles. The van der Waals surface area contributed by atoms with Gasteiger partial charge in [0.1, 0.15) is 5.75 Å². The topological polar surface area (TPSA) is 41.6 Å². The van der Waals surface area contributed by atoms with E-state index in [-0.39, 0.29) is 12.1 Å². The van der Waals surface area contributed by atoms with Crippen molar-refractivity contribution in [3.63, 3.8) is 0 Å². The minimum Gasteiger partial charge on any atom is -0.491 e. The van der Waals surface area contributed by atoms with Crippen molar-refractivity contribution >= 4 is 6.03 Å². The first-order valence-corrected chi connectivity index (χ1v) is 7.92. The number of urea groups is 1. The molecule has 1 saturated carbocycles. The molecule has 0 radical (unpaired) electrons. The van der Waals surface area contributed by atoms with Gasteiger partial charge in [-0.1, -0.05) is 12.1 Å². The van der Waals surface area contributed by atoms with Gasteiger partial charge in [0.2, 0.25) is 0 Å². The van der Waals surface area contributed by atoms with Crippen LogP contribution in [0.25, 0.3) is 0 Å². The van der Waals surface area contributed by atoms with E-state index < -0.39 is 0 Å². The van der Waals surface area contributed by atoms with E-state index in [0.717, 1.165) is 23.8 Å². The van der Waals surface area contributed by atoms with Crippen LogP contribution in [0.15, 0.2) is 24.3 Å². The van der Waals surface area contributed by atoms with E-state index in [1.807, 2.05) is 43.0 Å². The van der Waals surface area contributed by atoms with Gasteiger partial charge in [-0.3, -0.25) is 0 Å². The van der Waals surface area contributed by atoms with E-state index in [9.17, 15) is 4.79 Å². The number of piperidine rings is 1. The quantitative estimate of drug-likeness (QED) is 0.924. The highest BCUT2D eigenvalue weighted by Crippen LogP contribution is 2.37. The molecule has 0 aromatic heterocycles. The zero-order valence-electron chi connectivity index (χ0n) is 12.8. The number of hydrogen-bond acceptors (Lipinski definition) is 2. The lowest BCUT2D eigenvalue weighted by molar-refractivity contribution is 0.180. The molecule has 3 rings (SSSR count). The van der Waals surface area contributed by atoms with Gasteiger partial charge in [0.25, 0.3) is 0 Å². The summed E-state index contributed by atoms with van der Waals surface area (Å²) in [5.41, 5.74) is 1.07. The number of fused-ring (bicyclic) bond motifs is 2. The number of benzene rings is 1. The number of carbonyl (C=O) groups excluding carboxylic acids is 1. The molecule has 2 bridgehead atoms. The van der Waals surface area contributed by atoms with Crippen LogP contribution in [0.3, 0.4) is 0 Å². The standard InChI is InChI=1S/C17H24N2O2/c1-12(2)21-16-5-3-4-13(9-16)10-18-17(20)19-11-14-6-7-15(19)8-14/h3-5,9,12,14-15H,6-8,10-11H2,1-2H3,(H,18,20)/t14-,15-/m0/s1. The maximum Gasteiger partial charge on any atom is 0.317 e. The van der Waals surface area contributed by atoms with Crippen molar-refractivity contribution in [1.29, 1.82) is 0 Å². The van der Waals surface area contributed by atoms with Gasteiger partial charge in [-0.05, 0) is 56.7 Å². The molecule has 1 aliphatic heterocycles. The molecule has 1 saturated heterocycles. The Balaban J connectivity index is 1.54. The summed E-state index contributed by atoms with van der Waals surface area (Å²) in [5.74, 6) is 1.60. The molecule has 0 spiro atoms. The summed E-state index contributed by atoms with van der Waals surface area (Å²) in [6.07, 6.45) is 3.83. The van der Waals surface area contributed by atoms with Crippen LogP contribution in [-0.2, 0) is 6.54 Å². The Morgan fingerprint density at radius 2 is 2.29 bits per heavy atom. The molecule has 114 valence electrons. The predicted octanol–water partition coefficient (Wildman–Crippen LogP) is 3.17. The smallest absolute Gasteiger partial charge is 0.317 e. The number of nitrogens with zero attached hydrogens (tertiary/aromatic N) is 1. The number of ether oxygens (including phenoxy) is 1. The van der Waals surface area contributed by atoms with Gasteiger partial charge in [0.15, 0.2) is 0 Å². The molecule has 0 unspecified atom stereocenters. The Hall–Kier alpha value is -1.71. The number of nitrogens with one attached hydrogen (secondary N) is 1. The van der Waals surface area contributed by atoms with Crippen molar-refractivity contribution in [2.75, 3.05) is 6.54 Å². The van der Waals surface area contributed by atoms with Crippen molar-refractivity contribution in [1.82, 2.24) is 10.2 Å². The minimum absolute atomic E-state index is 0.0809. The summed E-state index contributed by atoms with van der Waals surface area (Å²) in [7, 11) is 0. The number of rotatable bonds is 4. The zero-order valence-corrected chi connectivity index (χ0v) is 12.8. The van der Waals surface area contributed by atoms with Crippen molar-refractivity contribution in [2.45, 2.75) is 51.8 Å². The summed E-state index contributed by atoms with van der Waals surface area (Å²) < 4.78 is 5.68. The number of carbonyl (C=O) groups is 1. The van der Waals surface area contributed by atoms with Crippen LogP contribution in [0, 0.1) is 5.92 Å². The van der Waals surface area contributed by atoms with Gasteiger partial charge in [0, 0.05) is 19.1 Å². The summed E-state index contributed by atoms with van der Waals surface area (Å²) in [5, 5.41) is 3.04.